The third-order valence-electron chi connectivity index (χ3n) is 4.39. The van der Waals surface area contributed by atoms with E-state index in [2.05, 4.69) is 55.6 Å². The van der Waals surface area contributed by atoms with Crippen LogP contribution < -0.4 is 5.32 Å². The first kappa shape index (κ1) is 14.7. The lowest BCUT2D eigenvalue weighted by atomic mass is 10.1. The summed E-state index contributed by atoms with van der Waals surface area (Å²) in [5.41, 5.74) is 5.14. The third kappa shape index (κ3) is 2.57. The molecule has 0 aliphatic rings. The van der Waals surface area contributed by atoms with Gasteiger partial charge in [-0.2, -0.15) is 5.10 Å². The topological polar surface area (TPSA) is 82.3 Å². The first-order chi connectivity index (χ1) is 12.7. The van der Waals surface area contributed by atoms with Gasteiger partial charge in [0.15, 0.2) is 5.82 Å². The Hall–Kier alpha value is -3.67. The number of H-pyrrole nitrogens is 2. The molecule has 0 spiro atoms. The number of nitrogens with one attached hydrogen (secondary N) is 3. The maximum Gasteiger partial charge on any atom is 0.161 e. The second kappa shape index (κ2) is 5.70. The van der Waals surface area contributed by atoms with E-state index >= 15 is 0 Å². The van der Waals surface area contributed by atoms with E-state index in [4.69, 9.17) is 0 Å². The highest BCUT2D eigenvalue weighted by molar-refractivity contribution is 5.85. The molecule has 0 unspecified atom stereocenters. The summed E-state index contributed by atoms with van der Waals surface area (Å²) in [6, 6.07) is 16.2. The van der Waals surface area contributed by atoms with Crippen molar-refractivity contribution in [3.63, 3.8) is 0 Å². The average molecular weight is 340 g/mol. The van der Waals surface area contributed by atoms with Crippen LogP contribution in [0.1, 0.15) is 5.69 Å². The molecule has 126 valence electrons. The van der Waals surface area contributed by atoms with Crippen molar-refractivity contribution in [2.45, 2.75) is 6.92 Å². The van der Waals surface area contributed by atoms with Gasteiger partial charge in [-0.25, -0.2) is 9.97 Å². The van der Waals surface area contributed by atoms with Gasteiger partial charge in [-0.1, -0.05) is 12.1 Å². The van der Waals surface area contributed by atoms with Crippen LogP contribution in [0.4, 0.5) is 11.5 Å². The third-order valence-corrected chi connectivity index (χ3v) is 4.39. The van der Waals surface area contributed by atoms with Crippen molar-refractivity contribution in [3.05, 3.63) is 66.6 Å². The fraction of sp³-hybridized carbons (Fsp3) is 0.0500. The normalized spacial score (nSPS) is 11.3. The van der Waals surface area contributed by atoms with Crippen molar-refractivity contribution in [2.75, 3.05) is 5.32 Å². The molecule has 0 amide bonds. The van der Waals surface area contributed by atoms with E-state index in [9.17, 15) is 0 Å². The molecule has 3 heterocycles. The van der Waals surface area contributed by atoms with E-state index in [-0.39, 0.29) is 0 Å². The lowest BCUT2D eigenvalue weighted by molar-refractivity contribution is 1.12. The number of anilines is 2. The molecule has 2 aromatic carbocycles. The van der Waals surface area contributed by atoms with E-state index in [0.717, 1.165) is 39.2 Å². The molecule has 5 aromatic rings. The Kier molecular flexibility index (Phi) is 3.21. The van der Waals surface area contributed by atoms with Gasteiger partial charge in [0, 0.05) is 34.0 Å². The molecule has 5 rings (SSSR count). The zero-order valence-electron chi connectivity index (χ0n) is 14.1. The molecular formula is C20H16N6. The van der Waals surface area contributed by atoms with Gasteiger partial charge in [0.25, 0.3) is 0 Å². The Balaban J connectivity index is 1.48. The molecule has 26 heavy (non-hydrogen) atoms. The largest absolute Gasteiger partial charge is 0.359 e. The van der Waals surface area contributed by atoms with Crippen molar-refractivity contribution in [3.8, 4) is 11.4 Å². The molecule has 6 nitrogen and oxygen atoms in total. The average Bonchev–Trinajstić information content (AvgIpc) is 3.26. The van der Waals surface area contributed by atoms with Gasteiger partial charge in [-0.3, -0.25) is 5.10 Å². The number of hydrogen-bond donors (Lipinski definition) is 3. The van der Waals surface area contributed by atoms with Crippen LogP contribution in [0.3, 0.4) is 0 Å². The van der Waals surface area contributed by atoms with Gasteiger partial charge in [-0.05, 0) is 48.7 Å². The maximum atomic E-state index is 4.66. The van der Waals surface area contributed by atoms with E-state index in [1.807, 2.05) is 30.3 Å². The lowest BCUT2D eigenvalue weighted by Crippen LogP contribution is -1.96. The van der Waals surface area contributed by atoms with Gasteiger partial charge in [0.2, 0.25) is 0 Å². The fourth-order valence-corrected chi connectivity index (χ4v) is 3.14. The molecular weight excluding hydrogens is 324 g/mol. The number of aromatic amines is 2. The van der Waals surface area contributed by atoms with Crippen molar-refractivity contribution in [1.82, 2.24) is 25.1 Å². The number of nitrogens with zero attached hydrogens (tertiary/aromatic N) is 3. The molecule has 0 bridgehead atoms. The van der Waals surface area contributed by atoms with E-state index < -0.39 is 0 Å². The van der Waals surface area contributed by atoms with Gasteiger partial charge >= 0.3 is 0 Å². The maximum absolute atomic E-state index is 4.66. The predicted molar refractivity (Wildman–Crippen MR) is 103 cm³/mol. The number of fused-ring (bicyclic) bond motifs is 2. The quantitative estimate of drug-likeness (QED) is 0.450. The smallest absolute Gasteiger partial charge is 0.161 e. The molecule has 0 aliphatic carbocycles. The minimum Gasteiger partial charge on any atom is -0.359 e. The van der Waals surface area contributed by atoms with Crippen LogP contribution in [-0.4, -0.2) is 25.1 Å². The van der Waals surface area contributed by atoms with Gasteiger partial charge < -0.3 is 10.3 Å². The van der Waals surface area contributed by atoms with E-state index in [1.165, 1.54) is 5.39 Å². The van der Waals surface area contributed by atoms with Gasteiger partial charge in [0.05, 0.1) is 11.7 Å². The Morgan fingerprint density at radius 3 is 2.81 bits per heavy atom. The number of benzene rings is 2. The summed E-state index contributed by atoms with van der Waals surface area (Å²) in [6.07, 6.45) is 3.57. The minimum absolute atomic E-state index is 0.687. The first-order valence-electron chi connectivity index (χ1n) is 8.37. The SMILES string of the molecule is Cc1cc2ccc(-c3nccc(Nc4ccc5cn[nH]c5c4)n3)cc2[nH]1. The predicted octanol–water partition coefficient (Wildman–Crippen LogP) is 4.55. The summed E-state index contributed by atoms with van der Waals surface area (Å²) < 4.78 is 0. The van der Waals surface area contributed by atoms with Crippen LogP contribution in [0.25, 0.3) is 33.2 Å². The Morgan fingerprint density at radius 1 is 0.923 bits per heavy atom. The van der Waals surface area contributed by atoms with E-state index in [0.29, 0.717) is 5.82 Å². The Morgan fingerprint density at radius 2 is 1.85 bits per heavy atom. The molecule has 0 saturated heterocycles. The van der Waals surface area contributed by atoms with E-state index in [1.54, 1.807) is 12.4 Å². The lowest BCUT2D eigenvalue weighted by Gasteiger charge is -2.07. The van der Waals surface area contributed by atoms with Crippen molar-refractivity contribution in [2.24, 2.45) is 0 Å². The molecule has 0 atom stereocenters. The summed E-state index contributed by atoms with van der Waals surface area (Å²) in [7, 11) is 0. The molecule has 0 aliphatic heterocycles. The van der Waals surface area contributed by atoms with Crippen LogP contribution in [0.15, 0.2) is 60.9 Å². The van der Waals surface area contributed by atoms with Crippen LogP contribution >= 0.6 is 0 Å². The van der Waals surface area contributed by atoms with Gasteiger partial charge in [0.1, 0.15) is 5.82 Å². The summed E-state index contributed by atoms with van der Waals surface area (Å²) in [6.45, 7) is 2.05. The monoisotopic (exact) mass is 340 g/mol. The minimum atomic E-state index is 0.687. The van der Waals surface area contributed by atoms with Crippen LogP contribution in [0, 0.1) is 6.92 Å². The van der Waals surface area contributed by atoms with Crippen LogP contribution in [0.5, 0.6) is 0 Å². The van der Waals surface area contributed by atoms with Crippen LogP contribution in [0.2, 0.25) is 0 Å². The fourth-order valence-electron chi connectivity index (χ4n) is 3.14. The Bertz CT molecular complexity index is 1230. The zero-order chi connectivity index (χ0) is 17.5. The molecule has 0 saturated carbocycles. The van der Waals surface area contributed by atoms with Crippen molar-refractivity contribution >= 4 is 33.3 Å². The highest BCUT2D eigenvalue weighted by atomic mass is 15.1. The second-order valence-electron chi connectivity index (χ2n) is 6.32. The molecule has 0 fully saturated rings. The standard InChI is InChI=1S/C20H16N6/c1-12-8-13-2-3-14(9-17(13)23-12)20-21-7-6-19(25-20)24-16-5-4-15-11-22-26-18(15)10-16/h2-11,23H,1H3,(H,22,26)(H,21,24,25). The van der Waals surface area contributed by atoms with Gasteiger partial charge in [-0.15, -0.1) is 0 Å². The number of aromatic nitrogens is 5. The first-order valence-corrected chi connectivity index (χ1v) is 8.37. The second-order valence-corrected chi connectivity index (χ2v) is 6.32. The number of rotatable bonds is 3. The molecule has 3 N–H and O–H groups in total. The summed E-state index contributed by atoms with van der Waals surface area (Å²) in [5, 5.41) is 12.6. The number of hydrogen-bond acceptors (Lipinski definition) is 4. The molecule has 0 radical (unpaired) electrons. The zero-order valence-corrected chi connectivity index (χ0v) is 14.1. The summed E-state index contributed by atoms with van der Waals surface area (Å²) >= 11 is 0. The highest BCUT2D eigenvalue weighted by Gasteiger charge is 2.06. The van der Waals surface area contributed by atoms with Crippen molar-refractivity contribution in [1.29, 1.82) is 0 Å². The van der Waals surface area contributed by atoms with Crippen molar-refractivity contribution < 1.29 is 0 Å². The number of aryl methyl sites for hydroxylation is 1. The molecule has 6 heteroatoms. The summed E-state index contributed by atoms with van der Waals surface area (Å²) in [5.74, 6) is 1.43. The molecule has 3 aromatic heterocycles. The highest BCUT2D eigenvalue weighted by Crippen LogP contribution is 2.24. The summed E-state index contributed by atoms with van der Waals surface area (Å²) in [4.78, 5) is 12.4. The Labute approximate surface area is 149 Å². The van der Waals surface area contributed by atoms with Crippen LogP contribution in [-0.2, 0) is 0 Å².